The average Bonchev–Trinajstić information content (AvgIpc) is 3.08. The zero-order valence-corrected chi connectivity index (χ0v) is 12.3. The molecule has 0 amide bonds. The van der Waals surface area contributed by atoms with Crippen molar-refractivity contribution in [3.63, 3.8) is 0 Å². The summed E-state index contributed by atoms with van der Waals surface area (Å²) in [5.41, 5.74) is 7.28. The minimum absolute atomic E-state index is 0.00583. The van der Waals surface area contributed by atoms with Crippen molar-refractivity contribution < 1.29 is 0 Å². The van der Waals surface area contributed by atoms with Crippen LogP contribution in [0.2, 0.25) is 0 Å². The normalized spacial score (nSPS) is 12.9. The standard InChI is InChI=1S/C15H20N6/c1-3-20-12(8-11(2)19-20)9-14(18-16)13-10-17-21-7-5-4-6-15(13)21/h4-8,10,14,18H,3,9,16H2,1-2H3. The van der Waals surface area contributed by atoms with Gasteiger partial charge in [0.15, 0.2) is 0 Å². The molecule has 0 aromatic carbocycles. The molecule has 3 aromatic heterocycles. The van der Waals surface area contributed by atoms with E-state index in [4.69, 9.17) is 5.84 Å². The average molecular weight is 284 g/mol. The molecule has 3 rings (SSSR count). The number of hydrogen-bond donors (Lipinski definition) is 2. The second kappa shape index (κ2) is 5.67. The molecular weight excluding hydrogens is 264 g/mol. The van der Waals surface area contributed by atoms with E-state index in [9.17, 15) is 0 Å². The SMILES string of the molecule is CCn1nc(C)cc1CC(NN)c1cnn2ccccc12. The third kappa shape index (κ3) is 2.55. The maximum atomic E-state index is 5.78. The summed E-state index contributed by atoms with van der Waals surface area (Å²) in [4.78, 5) is 0. The first-order chi connectivity index (χ1) is 10.2. The molecule has 21 heavy (non-hydrogen) atoms. The maximum Gasteiger partial charge on any atom is 0.0710 e. The van der Waals surface area contributed by atoms with E-state index < -0.39 is 0 Å². The van der Waals surface area contributed by atoms with Gasteiger partial charge < -0.3 is 0 Å². The second-order valence-corrected chi connectivity index (χ2v) is 5.15. The fourth-order valence-corrected chi connectivity index (χ4v) is 2.73. The Labute approximate surface area is 123 Å². The highest BCUT2D eigenvalue weighted by molar-refractivity contribution is 5.55. The lowest BCUT2D eigenvalue weighted by atomic mass is 10.0. The Balaban J connectivity index is 1.95. The molecule has 3 heterocycles. The van der Waals surface area contributed by atoms with Crippen molar-refractivity contribution >= 4 is 5.52 Å². The summed E-state index contributed by atoms with van der Waals surface area (Å²) in [5, 5.41) is 8.86. The van der Waals surface area contributed by atoms with E-state index in [1.807, 2.05) is 40.6 Å². The Morgan fingerprint density at radius 3 is 3.00 bits per heavy atom. The Kier molecular flexibility index (Phi) is 3.72. The van der Waals surface area contributed by atoms with Crippen molar-refractivity contribution in [2.75, 3.05) is 0 Å². The summed E-state index contributed by atoms with van der Waals surface area (Å²) in [5.74, 6) is 5.78. The second-order valence-electron chi connectivity index (χ2n) is 5.15. The molecule has 3 aromatic rings. The Morgan fingerprint density at radius 2 is 2.24 bits per heavy atom. The van der Waals surface area contributed by atoms with Gasteiger partial charge in [-0.15, -0.1) is 0 Å². The molecule has 3 N–H and O–H groups in total. The zero-order valence-electron chi connectivity index (χ0n) is 12.3. The van der Waals surface area contributed by atoms with Crippen molar-refractivity contribution in [1.29, 1.82) is 0 Å². The summed E-state index contributed by atoms with van der Waals surface area (Å²) in [7, 11) is 0. The van der Waals surface area contributed by atoms with E-state index in [-0.39, 0.29) is 6.04 Å². The van der Waals surface area contributed by atoms with Crippen molar-refractivity contribution in [2.45, 2.75) is 32.9 Å². The Hall–Kier alpha value is -2.18. The summed E-state index contributed by atoms with van der Waals surface area (Å²) < 4.78 is 3.88. The van der Waals surface area contributed by atoms with Crippen LogP contribution in [-0.2, 0) is 13.0 Å². The largest absolute Gasteiger partial charge is 0.271 e. The molecule has 6 nitrogen and oxygen atoms in total. The molecule has 0 aliphatic heterocycles. The number of fused-ring (bicyclic) bond motifs is 1. The van der Waals surface area contributed by atoms with Gasteiger partial charge >= 0.3 is 0 Å². The van der Waals surface area contributed by atoms with Gasteiger partial charge in [0.1, 0.15) is 0 Å². The van der Waals surface area contributed by atoms with Crippen LogP contribution in [-0.4, -0.2) is 19.4 Å². The van der Waals surface area contributed by atoms with Gasteiger partial charge in [-0.05, 0) is 32.0 Å². The van der Waals surface area contributed by atoms with Crippen LogP contribution in [0.15, 0.2) is 36.7 Å². The van der Waals surface area contributed by atoms with E-state index in [1.165, 1.54) is 5.69 Å². The summed E-state index contributed by atoms with van der Waals surface area (Å²) in [6, 6.07) is 8.14. The van der Waals surface area contributed by atoms with Crippen LogP contribution >= 0.6 is 0 Å². The monoisotopic (exact) mass is 284 g/mol. The molecule has 1 atom stereocenters. The number of rotatable bonds is 5. The number of hydrazine groups is 1. The number of nitrogens with two attached hydrogens (primary N) is 1. The van der Waals surface area contributed by atoms with Crippen molar-refractivity contribution in [3.05, 3.63) is 53.6 Å². The predicted molar refractivity (Wildman–Crippen MR) is 81.6 cm³/mol. The molecule has 0 aliphatic carbocycles. The lowest BCUT2D eigenvalue weighted by molar-refractivity contribution is 0.519. The lowest BCUT2D eigenvalue weighted by Crippen LogP contribution is -2.30. The van der Waals surface area contributed by atoms with Crippen LogP contribution in [0.25, 0.3) is 5.52 Å². The van der Waals surface area contributed by atoms with Crippen molar-refractivity contribution in [1.82, 2.24) is 24.8 Å². The van der Waals surface area contributed by atoms with E-state index in [0.29, 0.717) is 0 Å². The number of pyridine rings is 1. The van der Waals surface area contributed by atoms with Crippen LogP contribution in [0.3, 0.4) is 0 Å². The van der Waals surface area contributed by atoms with Gasteiger partial charge in [0.25, 0.3) is 0 Å². The fourth-order valence-electron chi connectivity index (χ4n) is 2.73. The van der Waals surface area contributed by atoms with Crippen LogP contribution < -0.4 is 11.3 Å². The first-order valence-electron chi connectivity index (χ1n) is 7.14. The van der Waals surface area contributed by atoms with E-state index >= 15 is 0 Å². The van der Waals surface area contributed by atoms with Gasteiger partial charge in [-0.2, -0.15) is 10.2 Å². The van der Waals surface area contributed by atoms with Crippen LogP contribution in [0.5, 0.6) is 0 Å². The molecular formula is C15H20N6. The lowest BCUT2D eigenvalue weighted by Gasteiger charge is -2.15. The van der Waals surface area contributed by atoms with E-state index in [1.54, 1.807) is 0 Å². The quantitative estimate of drug-likeness (QED) is 0.551. The first-order valence-corrected chi connectivity index (χ1v) is 7.14. The molecule has 0 radical (unpaired) electrons. The van der Waals surface area contributed by atoms with Crippen molar-refractivity contribution in [3.8, 4) is 0 Å². The van der Waals surface area contributed by atoms with Gasteiger partial charge in [-0.1, -0.05) is 6.07 Å². The van der Waals surface area contributed by atoms with Gasteiger partial charge in [0.2, 0.25) is 0 Å². The van der Waals surface area contributed by atoms with Crippen LogP contribution in [0.4, 0.5) is 0 Å². The molecule has 0 spiro atoms. The summed E-state index contributed by atoms with van der Waals surface area (Å²) in [6.07, 6.45) is 4.59. The van der Waals surface area contributed by atoms with E-state index in [2.05, 4.69) is 34.7 Å². The van der Waals surface area contributed by atoms with Gasteiger partial charge in [-0.25, -0.2) is 4.52 Å². The zero-order chi connectivity index (χ0) is 14.8. The summed E-state index contributed by atoms with van der Waals surface area (Å²) in [6.45, 7) is 4.96. The molecule has 110 valence electrons. The highest BCUT2D eigenvalue weighted by Crippen LogP contribution is 2.22. The Morgan fingerprint density at radius 1 is 1.38 bits per heavy atom. The summed E-state index contributed by atoms with van der Waals surface area (Å²) >= 11 is 0. The van der Waals surface area contributed by atoms with Gasteiger partial charge in [0, 0.05) is 30.4 Å². The predicted octanol–water partition coefficient (Wildman–Crippen LogP) is 1.61. The highest BCUT2D eigenvalue weighted by atomic mass is 15.3. The smallest absolute Gasteiger partial charge is 0.0710 e. The van der Waals surface area contributed by atoms with Crippen molar-refractivity contribution in [2.24, 2.45) is 5.84 Å². The number of nitrogens with one attached hydrogen (secondary N) is 1. The third-order valence-electron chi connectivity index (χ3n) is 3.73. The minimum atomic E-state index is 0.00583. The molecule has 6 heteroatoms. The number of aromatic nitrogens is 4. The molecule has 0 saturated heterocycles. The van der Waals surface area contributed by atoms with Gasteiger partial charge in [-0.3, -0.25) is 16.0 Å². The highest BCUT2D eigenvalue weighted by Gasteiger charge is 2.18. The van der Waals surface area contributed by atoms with Crippen LogP contribution in [0.1, 0.15) is 29.9 Å². The fraction of sp³-hybridized carbons (Fsp3) is 0.333. The molecule has 0 bridgehead atoms. The Bertz CT molecular complexity index is 742. The van der Waals surface area contributed by atoms with Gasteiger partial charge in [0.05, 0.1) is 23.4 Å². The first kappa shape index (κ1) is 13.8. The minimum Gasteiger partial charge on any atom is -0.271 e. The molecule has 0 fully saturated rings. The number of aryl methyl sites for hydroxylation is 2. The number of nitrogens with zero attached hydrogens (tertiary/aromatic N) is 4. The maximum absolute atomic E-state index is 5.78. The number of hydrogen-bond acceptors (Lipinski definition) is 4. The van der Waals surface area contributed by atoms with Crippen LogP contribution in [0, 0.1) is 6.92 Å². The molecule has 0 saturated carbocycles. The topological polar surface area (TPSA) is 73.2 Å². The van der Waals surface area contributed by atoms with E-state index in [0.717, 1.165) is 29.7 Å². The molecule has 0 aliphatic rings. The third-order valence-corrected chi connectivity index (χ3v) is 3.73. The molecule has 1 unspecified atom stereocenters.